The molecule has 0 spiro atoms. The van der Waals surface area contributed by atoms with Gasteiger partial charge >= 0.3 is 6.18 Å². The molecule has 2 amide bonds. The normalized spacial score (nSPS) is 18.7. The van der Waals surface area contributed by atoms with E-state index in [0.717, 1.165) is 61.6 Å². The molecule has 230 valence electrons. The van der Waals surface area contributed by atoms with Gasteiger partial charge in [0, 0.05) is 50.5 Å². The first-order valence-corrected chi connectivity index (χ1v) is 14.9. The number of nitrogens with one attached hydrogen (secondary N) is 1. The molecule has 2 N–H and O–H groups in total. The Morgan fingerprint density at radius 2 is 1.57 bits per heavy atom. The quantitative estimate of drug-likeness (QED) is 0.422. The fourth-order valence-electron chi connectivity index (χ4n) is 5.96. The van der Waals surface area contributed by atoms with Crippen LogP contribution < -0.4 is 10.2 Å². The molecule has 2 aliphatic heterocycles. The molecule has 0 bridgehead atoms. The molecule has 0 radical (unpaired) electrons. The second-order valence-corrected chi connectivity index (χ2v) is 12.1. The molecule has 2 fully saturated rings. The van der Waals surface area contributed by atoms with Crippen LogP contribution >= 0.6 is 11.6 Å². The Balaban J connectivity index is 1.26. The van der Waals surface area contributed by atoms with Crippen LogP contribution in [0.5, 0.6) is 0 Å². The number of hydrogen-bond acceptors (Lipinski definition) is 5. The number of aliphatic hydroxyl groups is 1. The van der Waals surface area contributed by atoms with E-state index >= 15 is 0 Å². The van der Waals surface area contributed by atoms with Crippen molar-refractivity contribution in [3.63, 3.8) is 0 Å². The Morgan fingerprint density at radius 3 is 2.12 bits per heavy atom. The molecule has 2 aromatic rings. The van der Waals surface area contributed by atoms with Gasteiger partial charge < -0.3 is 25.1 Å². The summed E-state index contributed by atoms with van der Waals surface area (Å²) < 4.78 is 41.9. The Morgan fingerprint density at radius 1 is 0.976 bits per heavy atom. The van der Waals surface area contributed by atoms with Crippen molar-refractivity contribution in [3.05, 3.63) is 64.7 Å². The van der Waals surface area contributed by atoms with Gasteiger partial charge in [0.05, 0.1) is 10.6 Å². The molecule has 2 saturated heterocycles. The van der Waals surface area contributed by atoms with Crippen LogP contribution in [0.1, 0.15) is 48.0 Å². The van der Waals surface area contributed by atoms with Crippen LogP contribution in [0.4, 0.5) is 18.9 Å². The molecule has 0 aromatic heterocycles. The first-order chi connectivity index (χ1) is 19.9. The van der Waals surface area contributed by atoms with Crippen LogP contribution in [-0.4, -0.2) is 86.3 Å². The molecule has 11 heteroatoms. The van der Waals surface area contributed by atoms with E-state index in [1.807, 2.05) is 31.1 Å². The van der Waals surface area contributed by atoms with Gasteiger partial charge in [0.15, 0.2) is 0 Å². The van der Waals surface area contributed by atoms with Crippen LogP contribution in [0.3, 0.4) is 0 Å². The number of piperidine rings is 2. The van der Waals surface area contributed by atoms with Crippen molar-refractivity contribution < 1.29 is 27.9 Å². The predicted octanol–water partition coefficient (Wildman–Crippen LogP) is 4.93. The van der Waals surface area contributed by atoms with Gasteiger partial charge in [-0.25, -0.2) is 0 Å². The van der Waals surface area contributed by atoms with Gasteiger partial charge in [-0.3, -0.25) is 9.59 Å². The standard InChI is InChI=1S/C31H40ClF3N4O3/c1-37(2)19-14-36-28(40)26-9-8-25(21-27(26)32)38-15-10-22(11-16-38)20-23-12-17-39(18-13-23)29(41)30(42,31(33,34)35)24-6-4-3-5-7-24/h3-9,21-23,42H,10-20H2,1-2H3,(H,36,40). The molecular weight excluding hydrogens is 569 g/mol. The van der Waals surface area contributed by atoms with Gasteiger partial charge in [-0.2, -0.15) is 13.2 Å². The first kappa shape index (κ1) is 32.1. The third-order valence-corrected chi connectivity index (χ3v) is 8.81. The summed E-state index contributed by atoms with van der Waals surface area (Å²) >= 11 is 6.46. The van der Waals surface area contributed by atoms with Gasteiger partial charge in [-0.05, 0) is 76.2 Å². The van der Waals surface area contributed by atoms with E-state index in [2.05, 4.69) is 10.2 Å². The summed E-state index contributed by atoms with van der Waals surface area (Å²) in [6, 6.07) is 12.1. The monoisotopic (exact) mass is 608 g/mol. The zero-order chi connectivity index (χ0) is 30.5. The minimum absolute atomic E-state index is 0.192. The minimum Gasteiger partial charge on any atom is -0.371 e. The average Bonchev–Trinajstić information content (AvgIpc) is 2.96. The van der Waals surface area contributed by atoms with Crippen molar-refractivity contribution in [3.8, 4) is 0 Å². The van der Waals surface area contributed by atoms with Crippen molar-refractivity contribution in [2.75, 3.05) is 58.3 Å². The molecular formula is C31H40ClF3N4O3. The molecule has 4 rings (SSSR count). The van der Waals surface area contributed by atoms with Crippen molar-refractivity contribution >= 4 is 29.1 Å². The Kier molecular flexibility index (Phi) is 10.4. The number of halogens is 4. The first-order valence-electron chi connectivity index (χ1n) is 14.5. The Bertz CT molecular complexity index is 1210. The van der Waals surface area contributed by atoms with Crippen molar-refractivity contribution in [1.29, 1.82) is 0 Å². The number of nitrogens with zero attached hydrogens (tertiary/aromatic N) is 3. The van der Waals surface area contributed by atoms with Gasteiger partial charge in [0.1, 0.15) is 0 Å². The average molecular weight is 609 g/mol. The third-order valence-electron chi connectivity index (χ3n) is 8.50. The molecule has 1 atom stereocenters. The lowest BCUT2D eigenvalue weighted by Crippen LogP contribution is -2.57. The van der Waals surface area contributed by atoms with E-state index in [1.54, 1.807) is 12.1 Å². The van der Waals surface area contributed by atoms with Gasteiger partial charge in [0.25, 0.3) is 17.4 Å². The number of carbonyl (C=O) groups is 2. The predicted molar refractivity (Wildman–Crippen MR) is 158 cm³/mol. The van der Waals surface area contributed by atoms with Crippen LogP contribution in [0.15, 0.2) is 48.5 Å². The van der Waals surface area contributed by atoms with Gasteiger partial charge in [-0.1, -0.05) is 41.9 Å². The van der Waals surface area contributed by atoms with E-state index in [4.69, 9.17) is 11.6 Å². The van der Waals surface area contributed by atoms with Crippen LogP contribution in [0.25, 0.3) is 0 Å². The topological polar surface area (TPSA) is 76.1 Å². The smallest absolute Gasteiger partial charge is 0.371 e. The number of hydrogen-bond donors (Lipinski definition) is 2. The summed E-state index contributed by atoms with van der Waals surface area (Å²) in [5.74, 6) is -0.685. The lowest BCUT2D eigenvalue weighted by Gasteiger charge is -2.40. The molecule has 1 unspecified atom stereocenters. The van der Waals surface area contributed by atoms with E-state index in [1.165, 1.54) is 12.1 Å². The number of alkyl halides is 3. The largest absolute Gasteiger partial charge is 0.430 e. The highest BCUT2D eigenvalue weighted by Gasteiger charge is 2.62. The lowest BCUT2D eigenvalue weighted by atomic mass is 9.82. The summed E-state index contributed by atoms with van der Waals surface area (Å²) in [7, 11) is 3.88. The molecule has 2 aliphatic rings. The highest BCUT2D eigenvalue weighted by Crippen LogP contribution is 2.41. The van der Waals surface area contributed by atoms with Crippen molar-refractivity contribution in [2.45, 2.75) is 43.9 Å². The highest BCUT2D eigenvalue weighted by molar-refractivity contribution is 6.34. The second-order valence-electron chi connectivity index (χ2n) is 11.7. The molecule has 0 saturated carbocycles. The third kappa shape index (κ3) is 7.38. The van der Waals surface area contributed by atoms with E-state index in [-0.39, 0.29) is 19.0 Å². The zero-order valence-electron chi connectivity index (χ0n) is 24.2. The van der Waals surface area contributed by atoms with Crippen molar-refractivity contribution in [2.24, 2.45) is 11.8 Å². The maximum atomic E-state index is 14.0. The maximum Gasteiger partial charge on any atom is 0.430 e. The fourth-order valence-corrected chi connectivity index (χ4v) is 6.22. The minimum atomic E-state index is -5.13. The number of rotatable bonds is 9. The molecule has 2 aromatic carbocycles. The molecule has 7 nitrogen and oxygen atoms in total. The van der Waals surface area contributed by atoms with Gasteiger partial charge in [-0.15, -0.1) is 0 Å². The number of benzene rings is 2. The summed E-state index contributed by atoms with van der Waals surface area (Å²) in [4.78, 5) is 30.9. The number of carbonyl (C=O) groups excluding carboxylic acids is 2. The van der Waals surface area contributed by atoms with Crippen LogP contribution in [0, 0.1) is 11.8 Å². The van der Waals surface area contributed by atoms with Crippen LogP contribution in [0.2, 0.25) is 5.02 Å². The van der Waals surface area contributed by atoms with E-state index in [9.17, 15) is 27.9 Å². The lowest BCUT2D eigenvalue weighted by molar-refractivity contribution is -0.262. The highest BCUT2D eigenvalue weighted by atomic mass is 35.5. The summed E-state index contributed by atoms with van der Waals surface area (Å²) in [5, 5.41) is 13.9. The number of amides is 2. The van der Waals surface area contributed by atoms with Crippen molar-refractivity contribution in [1.82, 2.24) is 15.1 Å². The van der Waals surface area contributed by atoms with Gasteiger partial charge in [0.2, 0.25) is 0 Å². The van der Waals surface area contributed by atoms with Crippen LogP contribution in [-0.2, 0) is 10.4 Å². The number of anilines is 1. The maximum absolute atomic E-state index is 14.0. The van der Waals surface area contributed by atoms with E-state index in [0.29, 0.717) is 41.8 Å². The molecule has 2 heterocycles. The Hall–Kier alpha value is -2.82. The number of likely N-dealkylation sites (N-methyl/N-ethyl adjacent to an activating group) is 1. The molecule has 0 aliphatic carbocycles. The molecule has 42 heavy (non-hydrogen) atoms. The summed E-state index contributed by atoms with van der Waals surface area (Å²) in [6.45, 7) is 3.37. The number of likely N-dealkylation sites (tertiary alicyclic amines) is 1. The summed E-state index contributed by atoms with van der Waals surface area (Å²) in [5.41, 5.74) is -2.58. The zero-order valence-corrected chi connectivity index (χ0v) is 24.9. The van der Waals surface area contributed by atoms with E-state index < -0.39 is 23.2 Å². The Labute approximate surface area is 250 Å². The second kappa shape index (κ2) is 13.7. The SMILES string of the molecule is CN(C)CCNC(=O)c1ccc(N2CCC(CC3CCN(C(=O)C(O)(c4ccccc4)C(F)(F)F)CC3)CC2)cc1Cl. The fraction of sp³-hybridized carbons (Fsp3) is 0.548. The summed E-state index contributed by atoms with van der Waals surface area (Å²) in [6.07, 6.45) is -0.981.